The van der Waals surface area contributed by atoms with Crippen LogP contribution in [0.1, 0.15) is 11.4 Å². The Morgan fingerprint density at radius 2 is 2.19 bits per heavy atom. The fraction of sp³-hybridized carbons (Fsp3) is 0.200. The standard InChI is InChI=1S/C10H13N5.HI/c1-7-3-2-4-9-14-8(6-15(7)9)5-13-10(11)12;/h2-4,6H,5H2,1H3,(H4,11,12,13);1H. The summed E-state index contributed by atoms with van der Waals surface area (Å²) in [6.07, 6.45) is 1.94. The molecule has 0 saturated heterocycles. The Morgan fingerprint density at radius 1 is 1.44 bits per heavy atom. The van der Waals surface area contributed by atoms with Crippen LogP contribution in [0.5, 0.6) is 0 Å². The molecule has 0 aromatic carbocycles. The molecule has 0 unspecified atom stereocenters. The van der Waals surface area contributed by atoms with Crippen LogP contribution in [0.15, 0.2) is 29.4 Å². The van der Waals surface area contributed by atoms with Crippen molar-refractivity contribution in [3.05, 3.63) is 35.8 Å². The largest absolute Gasteiger partial charge is 0.370 e. The Kier molecular flexibility index (Phi) is 4.11. The number of guanidine groups is 1. The van der Waals surface area contributed by atoms with Crippen molar-refractivity contribution in [3.63, 3.8) is 0 Å². The number of aromatic nitrogens is 2. The lowest BCUT2D eigenvalue weighted by Gasteiger charge is -1.95. The Labute approximate surface area is 111 Å². The molecule has 2 aromatic rings. The van der Waals surface area contributed by atoms with Crippen LogP contribution in [-0.2, 0) is 6.54 Å². The summed E-state index contributed by atoms with van der Waals surface area (Å²) in [5, 5.41) is 0. The maximum Gasteiger partial charge on any atom is 0.186 e. The first-order chi connectivity index (χ1) is 7.16. The second-order valence-electron chi connectivity index (χ2n) is 3.37. The molecule has 86 valence electrons. The average Bonchev–Trinajstić information content (AvgIpc) is 2.59. The van der Waals surface area contributed by atoms with Gasteiger partial charge in [-0.05, 0) is 19.1 Å². The lowest BCUT2D eigenvalue weighted by Crippen LogP contribution is -2.22. The molecule has 0 aliphatic rings. The van der Waals surface area contributed by atoms with E-state index in [2.05, 4.69) is 9.98 Å². The van der Waals surface area contributed by atoms with Crippen molar-refractivity contribution in [2.45, 2.75) is 13.5 Å². The number of nitrogens with two attached hydrogens (primary N) is 2. The van der Waals surface area contributed by atoms with E-state index in [0.717, 1.165) is 17.0 Å². The minimum atomic E-state index is 0. The van der Waals surface area contributed by atoms with Gasteiger partial charge in [0, 0.05) is 11.9 Å². The van der Waals surface area contributed by atoms with Crippen LogP contribution in [0.2, 0.25) is 0 Å². The number of aryl methyl sites for hydroxylation is 1. The van der Waals surface area contributed by atoms with Crippen molar-refractivity contribution in [2.24, 2.45) is 16.5 Å². The summed E-state index contributed by atoms with van der Waals surface area (Å²) < 4.78 is 2.01. The van der Waals surface area contributed by atoms with Crippen molar-refractivity contribution in [2.75, 3.05) is 0 Å². The lowest BCUT2D eigenvalue weighted by molar-refractivity contribution is 1.00. The summed E-state index contributed by atoms with van der Waals surface area (Å²) in [5.41, 5.74) is 13.4. The summed E-state index contributed by atoms with van der Waals surface area (Å²) in [7, 11) is 0. The number of aliphatic imine (C=N–C) groups is 1. The minimum Gasteiger partial charge on any atom is -0.370 e. The van der Waals surface area contributed by atoms with Crippen LogP contribution in [0.3, 0.4) is 0 Å². The van der Waals surface area contributed by atoms with Crippen LogP contribution in [0.25, 0.3) is 5.65 Å². The van der Waals surface area contributed by atoms with Crippen LogP contribution in [0, 0.1) is 6.92 Å². The molecule has 2 heterocycles. The maximum atomic E-state index is 5.26. The molecule has 2 rings (SSSR count). The number of imidazole rings is 1. The Hall–Kier alpha value is -1.31. The summed E-state index contributed by atoms with van der Waals surface area (Å²) in [5.74, 6) is 0.0868. The number of fused-ring (bicyclic) bond motifs is 1. The van der Waals surface area contributed by atoms with Crippen LogP contribution in [0.4, 0.5) is 0 Å². The van der Waals surface area contributed by atoms with Gasteiger partial charge in [0.25, 0.3) is 0 Å². The van der Waals surface area contributed by atoms with Gasteiger partial charge in [0.1, 0.15) is 5.65 Å². The molecular weight excluding hydrogens is 317 g/mol. The molecule has 4 N–H and O–H groups in total. The van der Waals surface area contributed by atoms with E-state index < -0.39 is 0 Å². The van der Waals surface area contributed by atoms with Gasteiger partial charge < -0.3 is 15.9 Å². The molecule has 5 nitrogen and oxygen atoms in total. The van der Waals surface area contributed by atoms with Gasteiger partial charge >= 0.3 is 0 Å². The number of nitrogens with zero attached hydrogens (tertiary/aromatic N) is 3. The molecule has 16 heavy (non-hydrogen) atoms. The molecule has 0 spiro atoms. The first-order valence-corrected chi connectivity index (χ1v) is 4.66. The average molecular weight is 331 g/mol. The Bertz CT molecular complexity index is 513. The van der Waals surface area contributed by atoms with Gasteiger partial charge in [-0.15, -0.1) is 24.0 Å². The number of hydrogen-bond acceptors (Lipinski definition) is 2. The summed E-state index contributed by atoms with van der Waals surface area (Å²) >= 11 is 0. The third-order valence-electron chi connectivity index (χ3n) is 2.17. The van der Waals surface area contributed by atoms with Crippen LogP contribution in [-0.4, -0.2) is 15.3 Å². The van der Waals surface area contributed by atoms with E-state index in [-0.39, 0.29) is 29.9 Å². The van der Waals surface area contributed by atoms with Crippen molar-refractivity contribution < 1.29 is 0 Å². The molecular formula is C10H14IN5. The van der Waals surface area contributed by atoms with E-state index in [0.29, 0.717) is 6.54 Å². The summed E-state index contributed by atoms with van der Waals surface area (Å²) in [6, 6.07) is 5.95. The maximum absolute atomic E-state index is 5.26. The normalized spacial score (nSPS) is 9.81. The third-order valence-corrected chi connectivity index (χ3v) is 2.17. The second kappa shape index (κ2) is 5.15. The zero-order valence-corrected chi connectivity index (χ0v) is 11.3. The topological polar surface area (TPSA) is 81.7 Å². The van der Waals surface area contributed by atoms with Gasteiger partial charge in [-0.2, -0.15) is 0 Å². The molecule has 0 atom stereocenters. The predicted octanol–water partition coefficient (Wildman–Crippen LogP) is 1.03. The number of hydrogen-bond donors (Lipinski definition) is 2. The molecule has 0 aliphatic carbocycles. The first kappa shape index (κ1) is 12.8. The van der Waals surface area contributed by atoms with E-state index in [9.17, 15) is 0 Å². The van der Waals surface area contributed by atoms with Crippen molar-refractivity contribution in [1.82, 2.24) is 9.38 Å². The van der Waals surface area contributed by atoms with E-state index in [1.54, 1.807) is 0 Å². The highest BCUT2D eigenvalue weighted by molar-refractivity contribution is 14.0. The van der Waals surface area contributed by atoms with E-state index in [4.69, 9.17) is 11.5 Å². The zero-order valence-electron chi connectivity index (χ0n) is 8.92. The van der Waals surface area contributed by atoms with E-state index in [1.807, 2.05) is 35.7 Å². The van der Waals surface area contributed by atoms with Crippen LogP contribution >= 0.6 is 24.0 Å². The third kappa shape index (κ3) is 2.63. The summed E-state index contributed by atoms with van der Waals surface area (Å²) in [4.78, 5) is 8.31. The summed E-state index contributed by atoms with van der Waals surface area (Å²) in [6.45, 7) is 2.45. The van der Waals surface area contributed by atoms with E-state index >= 15 is 0 Å². The minimum absolute atomic E-state index is 0. The molecule has 0 fully saturated rings. The number of rotatable bonds is 2. The molecule has 2 aromatic heterocycles. The number of pyridine rings is 1. The first-order valence-electron chi connectivity index (χ1n) is 4.66. The SMILES string of the molecule is Cc1cccc2nc(CN=C(N)N)cn12.I. The highest BCUT2D eigenvalue weighted by atomic mass is 127. The van der Waals surface area contributed by atoms with Gasteiger partial charge in [0.2, 0.25) is 0 Å². The van der Waals surface area contributed by atoms with Crippen molar-refractivity contribution in [1.29, 1.82) is 0 Å². The van der Waals surface area contributed by atoms with Gasteiger partial charge in [0.05, 0.1) is 12.2 Å². The van der Waals surface area contributed by atoms with Gasteiger partial charge in [-0.1, -0.05) is 6.07 Å². The van der Waals surface area contributed by atoms with E-state index in [1.165, 1.54) is 0 Å². The van der Waals surface area contributed by atoms with Gasteiger partial charge in [-0.3, -0.25) is 0 Å². The quantitative estimate of drug-likeness (QED) is 0.490. The smallest absolute Gasteiger partial charge is 0.186 e. The molecule has 0 bridgehead atoms. The molecule has 0 amide bonds. The number of halogens is 1. The van der Waals surface area contributed by atoms with Crippen molar-refractivity contribution >= 4 is 35.6 Å². The van der Waals surface area contributed by atoms with Gasteiger partial charge in [-0.25, -0.2) is 9.98 Å². The Morgan fingerprint density at radius 3 is 2.81 bits per heavy atom. The van der Waals surface area contributed by atoms with Gasteiger partial charge in [0.15, 0.2) is 5.96 Å². The highest BCUT2D eigenvalue weighted by Crippen LogP contribution is 2.08. The van der Waals surface area contributed by atoms with Crippen molar-refractivity contribution in [3.8, 4) is 0 Å². The monoisotopic (exact) mass is 331 g/mol. The van der Waals surface area contributed by atoms with Crippen LogP contribution < -0.4 is 11.5 Å². The highest BCUT2D eigenvalue weighted by Gasteiger charge is 2.01. The molecule has 0 saturated carbocycles. The molecule has 0 radical (unpaired) electrons. The second-order valence-corrected chi connectivity index (χ2v) is 3.37. The lowest BCUT2D eigenvalue weighted by atomic mass is 10.4. The zero-order chi connectivity index (χ0) is 10.8. The fourth-order valence-electron chi connectivity index (χ4n) is 1.45. The molecule has 0 aliphatic heterocycles. The Balaban J connectivity index is 0.00000128. The predicted molar refractivity (Wildman–Crippen MR) is 74.9 cm³/mol. The molecule has 6 heteroatoms. The fourth-order valence-corrected chi connectivity index (χ4v) is 1.45.